The van der Waals surface area contributed by atoms with Crippen molar-refractivity contribution in [1.82, 2.24) is 10.3 Å². The summed E-state index contributed by atoms with van der Waals surface area (Å²) in [6, 6.07) is 9.57. The summed E-state index contributed by atoms with van der Waals surface area (Å²) in [5.74, 6) is 0. The topological polar surface area (TPSA) is 24.9 Å². The molecule has 0 unspecified atom stereocenters. The van der Waals surface area contributed by atoms with E-state index in [2.05, 4.69) is 55.7 Å². The maximum atomic E-state index is 4.73. The van der Waals surface area contributed by atoms with E-state index in [9.17, 15) is 0 Å². The number of thiazole rings is 1. The number of hydrogen-bond donors (Lipinski definition) is 1. The van der Waals surface area contributed by atoms with Crippen LogP contribution in [-0.2, 0) is 12.0 Å². The van der Waals surface area contributed by atoms with Crippen molar-refractivity contribution in [2.45, 2.75) is 51.6 Å². The Morgan fingerprint density at radius 3 is 2.50 bits per heavy atom. The minimum atomic E-state index is 0.209. The molecule has 0 amide bonds. The average molecular weight is 286 g/mol. The molecule has 1 aromatic carbocycles. The maximum Gasteiger partial charge on any atom is 0.123 e. The summed E-state index contributed by atoms with van der Waals surface area (Å²) < 4.78 is 0. The molecule has 2 nitrogen and oxygen atoms in total. The van der Waals surface area contributed by atoms with E-state index in [1.807, 2.05) is 0 Å². The standard InChI is InChI=1S/C17H22N2S/c1-17(2,3)13-6-4-12(5-7-13)16-19-15(11-20-16)10-18-14-8-9-14/h4-7,11,14,18H,8-10H2,1-3H3. The van der Waals surface area contributed by atoms with Gasteiger partial charge in [0.1, 0.15) is 5.01 Å². The number of hydrogen-bond acceptors (Lipinski definition) is 3. The maximum absolute atomic E-state index is 4.73. The lowest BCUT2D eigenvalue weighted by molar-refractivity contribution is 0.590. The fraction of sp³-hybridized carbons (Fsp3) is 0.471. The van der Waals surface area contributed by atoms with Crippen molar-refractivity contribution in [3.63, 3.8) is 0 Å². The first kappa shape index (κ1) is 13.8. The Balaban J connectivity index is 1.71. The second-order valence-corrected chi connectivity index (χ2v) is 7.48. The Kier molecular flexibility index (Phi) is 3.65. The Bertz CT molecular complexity index is 574. The zero-order chi connectivity index (χ0) is 14.2. The van der Waals surface area contributed by atoms with Crippen LogP contribution in [0.1, 0.15) is 44.9 Å². The number of rotatable bonds is 4. The molecule has 3 rings (SSSR count). The summed E-state index contributed by atoms with van der Waals surface area (Å²) in [4.78, 5) is 4.73. The highest BCUT2D eigenvalue weighted by Crippen LogP contribution is 2.28. The Hall–Kier alpha value is -1.19. The van der Waals surface area contributed by atoms with Gasteiger partial charge in [-0.3, -0.25) is 0 Å². The van der Waals surface area contributed by atoms with E-state index in [1.54, 1.807) is 11.3 Å². The summed E-state index contributed by atoms with van der Waals surface area (Å²) in [6.07, 6.45) is 2.65. The third-order valence-electron chi connectivity index (χ3n) is 3.70. The summed E-state index contributed by atoms with van der Waals surface area (Å²) in [6.45, 7) is 7.63. The number of nitrogens with one attached hydrogen (secondary N) is 1. The second kappa shape index (κ2) is 5.30. The molecule has 3 heteroatoms. The van der Waals surface area contributed by atoms with Gasteiger partial charge in [-0.15, -0.1) is 11.3 Å². The summed E-state index contributed by atoms with van der Waals surface area (Å²) >= 11 is 1.74. The van der Waals surface area contributed by atoms with Crippen LogP contribution >= 0.6 is 11.3 Å². The Morgan fingerprint density at radius 2 is 1.90 bits per heavy atom. The average Bonchev–Trinajstić information content (AvgIpc) is 3.13. The van der Waals surface area contributed by atoms with Crippen molar-refractivity contribution in [1.29, 1.82) is 0 Å². The zero-order valence-electron chi connectivity index (χ0n) is 12.4. The molecule has 1 heterocycles. The number of aromatic nitrogens is 1. The van der Waals surface area contributed by atoms with Crippen molar-refractivity contribution in [3.05, 3.63) is 40.9 Å². The molecular weight excluding hydrogens is 264 g/mol. The Morgan fingerprint density at radius 1 is 1.20 bits per heavy atom. The smallest absolute Gasteiger partial charge is 0.123 e. The molecule has 106 valence electrons. The first-order valence-corrected chi connectivity index (χ1v) is 8.19. The summed E-state index contributed by atoms with van der Waals surface area (Å²) in [5.41, 5.74) is 3.96. The third-order valence-corrected chi connectivity index (χ3v) is 4.64. The molecule has 0 radical (unpaired) electrons. The quantitative estimate of drug-likeness (QED) is 0.903. The van der Waals surface area contributed by atoms with Gasteiger partial charge in [-0.25, -0.2) is 4.98 Å². The van der Waals surface area contributed by atoms with Gasteiger partial charge in [0.15, 0.2) is 0 Å². The highest BCUT2D eigenvalue weighted by Gasteiger charge is 2.20. The van der Waals surface area contributed by atoms with E-state index in [0.29, 0.717) is 0 Å². The predicted molar refractivity (Wildman–Crippen MR) is 86.1 cm³/mol. The third kappa shape index (κ3) is 3.28. The van der Waals surface area contributed by atoms with Gasteiger partial charge in [0.25, 0.3) is 0 Å². The molecule has 1 aliphatic rings. The van der Waals surface area contributed by atoms with Crippen LogP contribution in [0, 0.1) is 0 Å². The molecule has 1 fully saturated rings. The largest absolute Gasteiger partial charge is 0.308 e. The van der Waals surface area contributed by atoms with E-state index in [-0.39, 0.29) is 5.41 Å². The summed E-state index contributed by atoms with van der Waals surface area (Å²) in [7, 11) is 0. The number of nitrogens with zero attached hydrogens (tertiary/aromatic N) is 1. The zero-order valence-corrected chi connectivity index (χ0v) is 13.3. The first-order chi connectivity index (χ1) is 9.52. The van der Waals surface area contributed by atoms with Gasteiger partial charge in [-0.2, -0.15) is 0 Å². The summed E-state index contributed by atoms with van der Waals surface area (Å²) in [5, 5.41) is 6.80. The van der Waals surface area contributed by atoms with Crippen LogP contribution in [0.15, 0.2) is 29.6 Å². The number of benzene rings is 1. The van der Waals surface area contributed by atoms with Crippen LogP contribution in [0.3, 0.4) is 0 Å². The minimum Gasteiger partial charge on any atom is -0.308 e. The molecule has 2 aromatic rings. The van der Waals surface area contributed by atoms with E-state index < -0.39 is 0 Å². The van der Waals surface area contributed by atoms with E-state index in [1.165, 1.54) is 24.0 Å². The monoisotopic (exact) mass is 286 g/mol. The molecular formula is C17H22N2S. The van der Waals surface area contributed by atoms with E-state index in [4.69, 9.17) is 4.98 Å². The van der Waals surface area contributed by atoms with Crippen LogP contribution in [0.5, 0.6) is 0 Å². The van der Waals surface area contributed by atoms with Crippen LogP contribution in [0.25, 0.3) is 10.6 Å². The molecule has 0 aliphatic heterocycles. The highest BCUT2D eigenvalue weighted by atomic mass is 32.1. The molecule has 1 saturated carbocycles. The van der Waals surface area contributed by atoms with Gasteiger partial charge in [-0.05, 0) is 23.8 Å². The lowest BCUT2D eigenvalue weighted by atomic mass is 9.87. The molecule has 0 spiro atoms. The lowest BCUT2D eigenvalue weighted by Gasteiger charge is -2.18. The van der Waals surface area contributed by atoms with Gasteiger partial charge in [0.2, 0.25) is 0 Å². The van der Waals surface area contributed by atoms with Gasteiger partial charge in [0, 0.05) is 23.5 Å². The minimum absolute atomic E-state index is 0.209. The van der Waals surface area contributed by atoms with Crippen molar-refractivity contribution in [2.24, 2.45) is 0 Å². The van der Waals surface area contributed by atoms with Crippen LogP contribution in [0.2, 0.25) is 0 Å². The molecule has 1 aromatic heterocycles. The lowest BCUT2D eigenvalue weighted by Crippen LogP contribution is -2.15. The van der Waals surface area contributed by atoms with E-state index >= 15 is 0 Å². The molecule has 0 atom stereocenters. The molecule has 0 bridgehead atoms. The van der Waals surface area contributed by atoms with Crippen molar-refractivity contribution in [3.8, 4) is 10.6 Å². The van der Waals surface area contributed by atoms with Crippen molar-refractivity contribution >= 4 is 11.3 Å². The van der Waals surface area contributed by atoms with E-state index in [0.717, 1.165) is 23.3 Å². The van der Waals surface area contributed by atoms with Crippen molar-refractivity contribution in [2.75, 3.05) is 0 Å². The second-order valence-electron chi connectivity index (χ2n) is 6.63. The fourth-order valence-electron chi connectivity index (χ4n) is 2.17. The normalized spacial score (nSPS) is 15.6. The van der Waals surface area contributed by atoms with Crippen molar-refractivity contribution < 1.29 is 0 Å². The van der Waals surface area contributed by atoms with Crippen LogP contribution in [-0.4, -0.2) is 11.0 Å². The van der Waals surface area contributed by atoms with Gasteiger partial charge in [0.05, 0.1) is 5.69 Å². The molecule has 1 aliphatic carbocycles. The van der Waals surface area contributed by atoms with Gasteiger partial charge >= 0.3 is 0 Å². The van der Waals surface area contributed by atoms with Crippen LogP contribution in [0.4, 0.5) is 0 Å². The predicted octanol–water partition coefficient (Wildman–Crippen LogP) is 4.36. The Labute approximate surface area is 125 Å². The van der Waals surface area contributed by atoms with Gasteiger partial charge in [-0.1, -0.05) is 45.0 Å². The highest BCUT2D eigenvalue weighted by molar-refractivity contribution is 7.13. The molecule has 0 saturated heterocycles. The van der Waals surface area contributed by atoms with Crippen LogP contribution < -0.4 is 5.32 Å². The fourth-order valence-corrected chi connectivity index (χ4v) is 3.00. The first-order valence-electron chi connectivity index (χ1n) is 7.31. The SMILES string of the molecule is CC(C)(C)c1ccc(-c2nc(CNC3CC3)cs2)cc1. The van der Waals surface area contributed by atoms with Gasteiger partial charge < -0.3 is 5.32 Å². The molecule has 1 N–H and O–H groups in total. The molecule has 20 heavy (non-hydrogen) atoms.